The number of carbonyl (C=O) groups is 1. The third kappa shape index (κ3) is 3.73. The van der Waals surface area contributed by atoms with Crippen molar-refractivity contribution in [3.05, 3.63) is 66.4 Å². The predicted molar refractivity (Wildman–Crippen MR) is 100 cm³/mol. The Balaban J connectivity index is 1.45. The van der Waals surface area contributed by atoms with E-state index in [0.717, 1.165) is 36.6 Å². The average molecular weight is 366 g/mol. The summed E-state index contributed by atoms with van der Waals surface area (Å²) < 4.78 is 12.5. The smallest absolute Gasteiger partial charge is 0.289 e. The van der Waals surface area contributed by atoms with E-state index in [9.17, 15) is 4.79 Å². The predicted octanol–water partition coefficient (Wildman–Crippen LogP) is 2.43. The zero-order valence-electron chi connectivity index (χ0n) is 15.2. The summed E-state index contributed by atoms with van der Waals surface area (Å²) in [6, 6.07) is 11.4. The van der Waals surface area contributed by atoms with Gasteiger partial charge in [0, 0.05) is 45.1 Å². The van der Waals surface area contributed by atoms with Crippen LogP contribution in [-0.2, 0) is 6.54 Å². The van der Waals surface area contributed by atoms with Crippen molar-refractivity contribution in [1.29, 1.82) is 0 Å². The lowest BCUT2D eigenvalue weighted by Gasteiger charge is -2.34. The number of methoxy groups -OCH3 is 1. The van der Waals surface area contributed by atoms with Crippen molar-refractivity contribution in [2.45, 2.75) is 6.54 Å². The molecule has 0 atom stereocenters. The molecule has 1 aromatic carbocycles. The molecule has 1 fully saturated rings. The van der Waals surface area contributed by atoms with Gasteiger partial charge >= 0.3 is 0 Å². The Morgan fingerprint density at radius 3 is 2.70 bits per heavy atom. The summed E-state index contributed by atoms with van der Waals surface area (Å²) in [5.74, 6) is 1.18. The lowest BCUT2D eigenvalue weighted by molar-refractivity contribution is 0.0597. The fourth-order valence-electron chi connectivity index (χ4n) is 3.36. The second-order valence-corrected chi connectivity index (χ2v) is 6.49. The van der Waals surface area contributed by atoms with Gasteiger partial charge in [-0.25, -0.2) is 4.68 Å². The first-order valence-corrected chi connectivity index (χ1v) is 8.96. The second kappa shape index (κ2) is 7.67. The van der Waals surface area contributed by atoms with Crippen LogP contribution < -0.4 is 4.74 Å². The summed E-state index contributed by atoms with van der Waals surface area (Å²) in [6.45, 7) is 3.75. The lowest BCUT2D eigenvalue weighted by atomic mass is 10.1. The maximum Gasteiger partial charge on any atom is 0.289 e. The molecule has 1 aliphatic rings. The summed E-state index contributed by atoms with van der Waals surface area (Å²) in [6.07, 6.45) is 5.24. The van der Waals surface area contributed by atoms with Gasteiger partial charge in [-0.1, -0.05) is 0 Å². The molecule has 0 spiro atoms. The van der Waals surface area contributed by atoms with Crippen molar-refractivity contribution >= 4 is 5.91 Å². The summed E-state index contributed by atoms with van der Waals surface area (Å²) >= 11 is 0. The number of ether oxygens (including phenoxy) is 1. The molecular formula is C20H22N4O3. The highest BCUT2D eigenvalue weighted by Gasteiger charge is 2.24. The number of benzene rings is 1. The van der Waals surface area contributed by atoms with Crippen LogP contribution in [0.2, 0.25) is 0 Å². The van der Waals surface area contributed by atoms with Crippen molar-refractivity contribution in [3.8, 4) is 11.4 Å². The Kier molecular flexibility index (Phi) is 4.93. The SMILES string of the molecule is COc1ccc(-n2cccn2)c(CN2CCN(C(=O)c3ccco3)CC2)c1. The highest BCUT2D eigenvalue weighted by atomic mass is 16.5. The molecule has 0 radical (unpaired) electrons. The molecule has 1 aliphatic heterocycles. The van der Waals surface area contributed by atoms with Crippen molar-refractivity contribution in [2.24, 2.45) is 0 Å². The first-order chi connectivity index (χ1) is 13.2. The number of hydrogen-bond donors (Lipinski definition) is 0. The Morgan fingerprint density at radius 1 is 1.19 bits per heavy atom. The van der Waals surface area contributed by atoms with E-state index in [1.165, 1.54) is 6.26 Å². The summed E-state index contributed by atoms with van der Waals surface area (Å²) in [4.78, 5) is 16.6. The van der Waals surface area contributed by atoms with Crippen molar-refractivity contribution in [3.63, 3.8) is 0 Å². The largest absolute Gasteiger partial charge is 0.497 e. The number of piperazine rings is 1. The van der Waals surface area contributed by atoms with Gasteiger partial charge in [0.25, 0.3) is 5.91 Å². The van der Waals surface area contributed by atoms with Crippen LogP contribution in [0.15, 0.2) is 59.5 Å². The van der Waals surface area contributed by atoms with Crippen LogP contribution in [0.25, 0.3) is 5.69 Å². The Labute approximate surface area is 157 Å². The minimum atomic E-state index is -0.0433. The van der Waals surface area contributed by atoms with E-state index in [0.29, 0.717) is 18.8 Å². The minimum Gasteiger partial charge on any atom is -0.497 e. The zero-order chi connectivity index (χ0) is 18.6. The van der Waals surface area contributed by atoms with E-state index in [-0.39, 0.29) is 5.91 Å². The molecule has 4 rings (SSSR count). The van der Waals surface area contributed by atoms with Crippen LogP contribution in [0.1, 0.15) is 16.1 Å². The van der Waals surface area contributed by atoms with Crippen molar-refractivity contribution in [2.75, 3.05) is 33.3 Å². The van der Waals surface area contributed by atoms with E-state index in [1.54, 1.807) is 25.4 Å². The Bertz CT molecular complexity index is 882. The van der Waals surface area contributed by atoms with Crippen LogP contribution in [0, 0.1) is 0 Å². The number of furan rings is 1. The maximum atomic E-state index is 12.4. The van der Waals surface area contributed by atoms with E-state index in [1.807, 2.05) is 34.0 Å². The first kappa shape index (κ1) is 17.4. The molecule has 140 valence electrons. The molecule has 3 aromatic rings. The standard InChI is InChI=1S/C20H22N4O3/c1-26-17-5-6-18(24-8-3-7-21-24)16(14-17)15-22-9-11-23(12-10-22)20(25)19-4-2-13-27-19/h2-8,13-14H,9-12,15H2,1H3. The van der Waals surface area contributed by atoms with E-state index in [2.05, 4.69) is 16.1 Å². The summed E-state index contributed by atoms with van der Waals surface area (Å²) in [5, 5.41) is 4.35. The second-order valence-electron chi connectivity index (χ2n) is 6.49. The van der Waals surface area contributed by atoms with E-state index >= 15 is 0 Å². The fourth-order valence-corrected chi connectivity index (χ4v) is 3.36. The van der Waals surface area contributed by atoms with E-state index in [4.69, 9.17) is 9.15 Å². The fraction of sp³-hybridized carbons (Fsp3) is 0.300. The van der Waals surface area contributed by atoms with Crippen molar-refractivity contribution in [1.82, 2.24) is 19.6 Å². The minimum absolute atomic E-state index is 0.0433. The molecule has 0 bridgehead atoms. The number of hydrogen-bond acceptors (Lipinski definition) is 5. The molecule has 0 aliphatic carbocycles. The molecule has 27 heavy (non-hydrogen) atoms. The molecule has 2 aromatic heterocycles. The molecule has 7 nitrogen and oxygen atoms in total. The van der Waals surface area contributed by atoms with Crippen LogP contribution in [-0.4, -0.2) is 58.8 Å². The average Bonchev–Trinajstić information content (AvgIpc) is 3.42. The van der Waals surface area contributed by atoms with Gasteiger partial charge in [-0.2, -0.15) is 5.10 Å². The quantitative estimate of drug-likeness (QED) is 0.694. The Hall–Kier alpha value is -3.06. The van der Waals surface area contributed by atoms with Crippen LogP contribution in [0.4, 0.5) is 0 Å². The van der Waals surface area contributed by atoms with Gasteiger partial charge in [0.05, 0.1) is 19.1 Å². The molecule has 0 saturated carbocycles. The molecule has 1 saturated heterocycles. The molecule has 7 heteroatoms. The van der Waals surface area contributed by atoms with Gasteiger partial charge in [-0.05, 0) is 42.0 Å². The van der Waals surface area contributed by atoms with Crippen LogP contribution in [0.3, 0.4) is 0 Å². The number of rotatable bonds is 5. The zero-order valence-corrected chi connectivity index (χ0v) is 15.2. The molecule has 0 unspecified atom stereocenters. The third-order valence-corrected chi connectivity index (χ3v) is 4.82. The van der Waals surface area contributed by atoms with Crippen LogP contribution in [0.5, 0.6) is 5.75 Å². The van der Waals surface area contributed by atoms with Crippen LogP contribution >= 0.6 is 0 Å². The third-order valence-electron chi connectivity index (χ3n) is 4.82. The topological polar surface area (TPSA) is 63.7 Å². The lowest BCUT2D eigenvalue weighted by Crippen LogP contribution is -2.48. The summed E-state index contributed by atoms with van der Waals surface area (Å²) in [5.41, 5.74) is 2.18. The normalized spacial score (nSPS) is 15.1. The molecular weight excluding hydrogens is 344 g/mol. The van der Waals surface area contributed by atoms with Gasteiger partial charge in [-0.3, -0.25) is 9.69 Å². The van der Waals surface area contributed by atoms with Gasteiger partial charge in [0.15, 0.2) is 5.76 Å². The van der Waals surface area contributed by atoms with Crippen molar-refractivity contribution < 1.29 is 13.9 Å². The number of aromatic nitrogens is 2. The number of carbonyl (C=O) groups excluding carboxylic acids is 1. The van der Waals surface area contributed by atoms with E-state index < -0.39 is 0 Å². The van der Waals surface area contributed by atoms with Gasteiger partial charge in [0.2, 0.25) is 0 Å². The highest BCUT2D eigenvalue weighted by molar-refractivity contribution is 5.91. The number of nitrogens with zero attached hydrogens (tertiary/aromatic N) is 4. The number of amides is 1. The molecule has 3 heterocycles. The summed E-state index contributed by atoms with van der Waals surface area (Å²) in [7, 11) is 1.67. The van der Waals surface area contributed by atoms with Gasteiger partial charge in [-0.15, -0.1) is 0 Å². The van der Waals surface area contributed by atoms with Gasteiger partial charge in [0.1, 0.15) is 5.75 Å². The first-order valence-electron chi connectivity index (χ1n) is 8.96. The highest BCUT2D eigenvalue weighted by Crippen LogP contribution is 2.23. The molecule has 1 amide bonds. The maximum absolute atomic E-state index is 12.4. The van der Waals surface area contributed by atoms with Gasteiger partial charge < -0.3 is 14.1 Å². The Morgan fingerprint density at radius 2 is 2.04 bits per heavy atom. The molecule has 0 N–H and O–H groups in total. The monoisotopic (exact) mass is 366 g/mol.